The first-order valence-electron chi connectivity index (χ1n) is 9.91. The summed E-state index contributed by atoms with van der Waals surface area (Å²) in [5.74, 6) is 2.35. The van der Waals surface area contributed by atoms with E-state index in [0.717, 1.165) is 65.1 Å². The molecule has 0 spiro atoms. The molecule has 1 saturated heterocycles. The predicted octanol–water partition coefficient (Wildman–Crippen LogP) is 4.08. The maximum atomic E-state index is 5.46. The van der Waals surface area contributed by atoms with Gasteiger partial charge < -0.3 is 9.64 Å². The minimum absolute atomic E-state index is 0.634. The number of methoxy groups -OCH3 is 1. The Hall–Kier alpha value is -3.48. The average Bonchev–Trinajstić information content (AvgIpc) is 3.33. The Labute approximate surface area is 168 Å². The number of benzene rings is 2. The van der Waals surface area contributed by atoms with E-state index in [1.54, 1.807) is 7.11 Å². The van der Waals surface area contributed by atoms with Gasteiger partial charge in [-0.25, -0.2) is 10.1 Å². The van der Waals surface area contributed by atoms with E-state index < -0.39 is 0 Å². The summed E-state index contributed by atoms with van der Waals surface area (Å²) in [6, 6.07) is 16.4. The number of aromatic nitrogens is 5. The van der Waals surface area contributed by atoms with Crippen LogP contribution in [0, 0.1) is 0 Å². The fourth-order valence-corrected chi connectivity index (χ4v) is 4.09. The lowest BCUT2D eigenvalue weighted by atomic mass is 9.94. The SMILES string of the molecule is COc1ccc2c(-c3ccccc3)c(-c3nnn[nH]3)c(N3CCCCC3)nc2c1. The number of anilines is 1. The van der Waals surface area contributed by atoms with Crippen LogP contribution in [-0.2, 0) is 0 Å². The van der Waals surface area contributed by atoms with Crippen LogP contribution in [0.1, 0.15) is 19.3 Å². The van der Waals surface area contributed by atoms with E-state index in [9.17, 15) is 0 Å². The average molecular weight is 386 g/mol. The molecule has 1 aliphatic rings. The number of piperidine rings is 1. The van der Waals surface area contributed by atoms with Crippen LogP contribution in [0.25, 0.3) is 33.4 Å². The molecule has 0 atom stereocenters. The van der Waals surface area contributed by atoms with Crippen molar-refractivity contribution in [1.29, 1.82) is 0 Å². The highest BCUT2D eigenvalue weighted by Crippen LogP contribution is 2.42. The molecule has 0 amide bonds. The van der Waals surface area contributed by atoms with E-state index >= 15 is 0 Å². The molecule has 0 saturated carbocycles. The van der Waals surface area contributed by atoms with Crippen molar-refractivity contribution >= 4 is 16.7 Å². The summed E-state index contributed by atoms with van der Waals surface area (Å²) < 4.78 is 5.46. The Balaban J connectivity index is 1.87. The molecule has 1 aliphatic heterocycles. The summed E-state index contributed by atoms with van der Waals surface area (Å²) in [7, 11) is 1.68. The van der Waals surface area contributed by atoms with Crippen LogP contribution >= 0.6 is 0 Å². The number of aromatic amines is 1. The van der Waals surface area contributed by atoms with Gasteiger partial charge >= 0.3 is 0 Å². The summed E-state index contributed by atoms with van der Waals surface area (Å²) in [5.41, 5.74) is 4.04. The minimum Gasteiger partial charge on any atom is -0.497 e. The third-order valence-corrected chi connectivity index (χ3v) is 5.47. The van der Waals surface area contributed by atoms with Gasteiger partial charge in [-0.3, -0.25) is 0 Å². The number of fused-ring (bicyclic) bond motifs is 1. The molecule has 5 rings (SSSR count). The van der Waals surface area contributed by atoms with Crippen LogP contribution in [0.2, 0.25) is 0 Å². The van der Waals surface area contributed by atoms with Gasteiger partial charge in [0.1, 0.15) is 11.6 Å². The molecule has 29 heavy (non-hydrogen) atoms. The van der Waals surface area contributed by atoms with Crippen LogP contribution < -0.4 is 9.64 Å². The number of hydrogen-bond donors (Lipinski definition) is 1. The Morgan fingerprint density at radius 1 is 0.966 bits per heavy atom. The largest absolute Gasteiger partial charge is 0.497 e. The highest BCUT2D eigenvalue weighted by atomic mass is 16.5. The van der Waals surface area contributed by atoms with Gasteiger partial charge in [-0.1, -0.05) is 30.3 Å². The van der Waals surface area contributed by atoms with Crippen molar-refractivity contribution in [1.82, 2.24) is 25.6 Å². The van der Waals surface area contributed by atoms with Crippen LogP contribution in [0.5, 0.6) is 5.75 Å². The summed E-state index contributed by atoms with van der Waals surface area (Å²) in [4.78, 5) is 7.43. The Bertz CT molecular complexity index is 1120. The van der Waals surface area contributed by atoms with Gasteiger partial charge in [0.15, 0.2) is 5.82 Å². The molecule has 0 radical (unpaired) electrons. The number of pyridine rings is 1. The topological polar surface area (TPSA) is 79.8 Å². The lowest BCUT2D eigenvalue weighted by molar-refractivity contribution is 0.415. The van der Waals surface area contributed by atoms with Crippen LogP contribution in [0.4, 0.5) is 5.82 Å². The molecule has 4 aromatic rings. The smallest absolute Gasteiger partial charge is 0.183 e. The quantitative estimate of drug-likeness (QED) is 0.569. The van der Waals surface area contributed by atoms with Crippen LogP contribution in [0.15, 0.2) is 48.5 Å². The fraction of sp³-hybridized carbons (Fsp3) is 0.273. The minimum atomic E-state index is 0.634. The molecule has 1 fully saturated rings. The highest BCUT2D eigenvalue weighted by molar-refractivity contribution is 6.05. The van der Waals surface area contributed by atoms with Gasteiger partial charge in [0, 0.05) is 30.1 Å². The monoisotopic (exact) mass is 386 g/mol. The van der Waals surface area contributed by atoms with Crippen molar-refractivity contribution in [3.63, 3.8) is 0 Å². The molecule has 146 valence electrons. The molecular weight excluding hydrogens is 364 g/mol. The number of nitrogens with one attached hydrogen (secondary N) is 1. The molecule has 3 heterocycles. The fourth-order valence-electron chi connectivity index (χ4n) is 4.09. The van der Waals surface area contributed by atoms with E-state index in [2.05, 4.69) is 43.7 Å². The number of tetrazole rings is 1. The molecule has 7 heteroatoms. The maximum absolute atomic E-state index is 5.46. The molecule has 7 nitrogen and oxygen atoms in total. The second-order valence-corrected chi connectivity index (χ2v) is 7.23. The second-order valence-electron chi connectivity index (χ2n) is 7.23. The van der Waals surface area contributed by atoms with E-state index in [4.69, 9.17) is 9.72 Å². The van der Waals surface area contributed by atoms with Crippen molar-refractivity contribution < 1.29 is 4.74 Å². The molecule has 1 N–H and O–H groups in total. The first-order chi connectivity index (χ1) is 14.3. The first-order valence-corrected chi connectivity index (χ1v) is 9.91. The van der Waals surface area contributed by atoms with E-state index in [1.165, 1.54) is 6.42 Å². The molecule has 0 aliphatic carbocycles. The standard InChI is InChI=1S/C22H22N6O/c1-29-16-10-11-17-18(14-16)23-22(28-12-6-3-7-13-28)20(21-24-26-27-25-21)19(17)15-8-4-2-5-9-15/h2,4-5,8-11,14H,3,6-7,12-13H2,1H3,(H,24,25,26,27). The number of H-pyrrole nitrogens is 1. The summed E-state index contributed by atoms with van der Waals surface area (Å²) in [6.07, 6.45) is 3.57. The third kappa shape index (κ3) is 3.18. The normalized spacial score (nSPS) is 14.3. The molecule has 2 aromatic carbocycles. The van der Waals surface area contributed by atoms with E-state index in [0.29, 0.717) is 5.82 Å². The van der Waals surface area contributed by atoms with Crippen molar-refractivity contribution in [2.75, 3.05) is 25.1 Å². The molecule has 0 bridgehead atoms. The van der Waals surface area contributed by atoms with Gasteiger partial charge in [0.2, 0.25) is 0 Å². The molecule has 0 unspecified atom stereocenters. The van der Waals surface area contributed by atoms with E-state index in [1.807, 2.05) is 30.3 Å². The Morgan fingerprint density at radius 2 is 1.79 bits per heavy atom. The third-order valence-electron chi connectivity index (χ3n) is 5.47. The second kappa shape index (κ2) is 7.50. The summed E-state index contributed by atoms with van der Waals surface area (Å²) in [5, 5.41) is 16.0. The predicted molar refractivity (Wildman–Crippen MR) is 113 cm³/mol. The number of nitrogens with zero attached hydrogens (tertiary/aromatic N) is 5. The van der Waals surface area contributed by atoms with Gasteiger partial charge in [-0.2, -0.15) is 0 Å². The Kier molecular flexibility index (Phi) is 4.56. The van der Waals surface area contributed by atoms with Crippen molar-refractivity contribution in [3.8, 4) is 28.3 Å². The number of ether oxygens (including phenoxy) is 1. The first kappa shape index (κ1) is 17.6. The van der Waals surface area contributed by atoms with Gasteiger partial charge in [0.05, 0.1) is 18.2 Å². The van der Waals surface area contributed by atoms with E-state index in [-0.39, 0.29) is 0 Å². The van der Waals surface area contributed by atoms with Gasteiger partial charge in [0.25, 0.3) is 0 Å². The number of hydrogen-bond acceptors (Lipinski definition) is 6. The van der Waals surface area contributed by atoms with Crippen molar-refractivity contribution in [2.45, 2.75) is 19.3 Å². The lowest BCUT2D eigenvalue weighted by Gasteiger charge is -2.30. The molecular formula is C22H22N6O. The van der Waals surface area contributed by atoms with Gasteiger partial charge in [-0.05, 0) is 47.4 Å². The van der Waals surface area contributed by atoms with Crippen LogP contribution in [0.3, 0.4) is 0 Å². The maximum Gasteiger partial charge on any atom is 0.183 e. The van der Waals surface area contributed by atoms with Gasteiger partial charge in [-0.15, -0.1) is 5.10 Å². The van der Waals surface area contributed by atoms with Crippen molar-refractivity contribution in [2.24, 2.45) is 0 Å². The summed E-state index contributed by atoms with van der Waals surface area (Å²) in [6.45, 7) is 1.95. The highest BCUT2D eigenvalue weighted by Gasteiger charge is 2.25. The van der Waals surface area contributed by atoms with Crippen molar-refractivity contribution in [3.05, 3.63) is 48.5 Å². The Morgan fingerprint density at radius 3 is 2.52 bits per heavy atom. The van der Waals surface area contributed by atoms with Crippen LogP contribution in [-0.4, -0.2) is 45.8 Å². The zero-order valence-corrected chi connectivity index (χ0v) is 16.3. The summed E-state index contributed by atoms with van der Waals surface area (Å²) >= 11 is 0. The zero-order valence-electron chi connectivity index (χ0n) is 16.3. The number of rotatable bonds is 4. The lowest BCUT2D eigenvalue weighted by Crippen LogP contribution is -2.31. The zero-order chi connectivity index (χ0) is 19.6. The molecule has 2 aromatic heterocycles.